The Labute approximate surface area is 139 Å². The van der Waals surface area contributed by atoms with E-state index in [0.29, 0.717) is 18.9 Å². The Morgan fingerprint density at radius 2 is 2.08 bits per heavy atom. The summed E-state index contributed by atoms with van der Waals surface area (Å²) >= 11 is 0. The van der Waals surface area contributed by atoms with Gasteiger partial charge in [-0.25, -0.2) is 4.98 Å². The standard InChI is InChI=1S/C17H19N5O2/c1-11-15(12(2)24-22-11)7-6-13-9-16(23)21-17(20-13)19-10-14-5-3-4-8-18-14/h3-5,8-9H,6-7,10H2,1-2H3,(H2,19,20,21,23). The summed E-state index contributed by atoms with van der Waals surface area (Å²) in [4.78, 5) is 23.2. The minimum atomic E-state index is -0.178. The summed E-state index contributed by atoms with van der Waals surface area (Å²) in [7, 11) is 0. The van der Waals surface area contributed by atoms with Crippen LogP contribution < -0.4 is 10.9 Å². The van der Waals surface area contributed by atoms with Gasteiger partial charge in [0, 0.05) is 17.8 Å². The van der Waals surface area contributed by atoms with Crippen molar-refractivity contribution in [2.45, 2.75) is 33.2 Å². The number of rotatable bonds is 6. The molecule has 7 heteroatoms. The fourth-order valence-corrected chi connectivity index (χ4v) is 2.51. The highest BCUT2D eigenvalue weighted by atomic mass is 16.5. The number of hydrogen-bond acceptors (Lipinski definition) is 6. The smallest absolute Gasteiger partial charge is 0.252 e. The number of nitrogens with one attached hydrogen (secondary N) is 2. The van der Waals surface area contributed by atoms with Crippen molar-refractivity contribution in [2.75, 3.05) is 5.32 Å². The predicted molar refractivity (Wildman–Crippen MR) is 89.8 cm³/mol. The van der Waals surface area contributed by atoms with E-state index >= 15 is 0 Å². The normalized spacial score (nSPS) is 10.8. The van der Waals surface area contributed by atoms with Gasteiger partial charge in [0.1, 0.15) is 5.76 Å². The summed E-state index contributed by atoms with van der Waals surface area (Å²) in [5.74, 6) is 1.26. The highest BCUT2D eigenvalue weighted by Crippen LogP contribution is 2.14. The number of anilines is 1. The summed E-state index contributed by atoms with van der Waals surface area (Å²) in [5, 5.41) is 7.04. The molecular formula is C17H19N5O2. The van der Waals surface area contributed by atoms with Gasteiger partial charge in [0.25, 0.3) is 5.56 Å². The maximum absolute atomic E-state index is 11.8. The lowest BCUT2D eigenvalue weighted by molar-refractivity contribution is 0.392. The van der Waals surface area contributed by atoms with Crippen LogP contribution >= 0.6 is 0 Å². The quantitative estimate of drug-likeness (QED) is 0.721. The van der Waals surface area contributed by atoms with Crippen LogP contribution in [0.4, 0.5) is 5.95 Å². The molecule has 7 nitrogen and oxygen atoms in total. The van der Waals surface area contributed by atoms with Crippen molar-refractivity contribution < 1.29 is 4.52 Å². The summed E-state index contributed by atoms with van der Waals surface area (Å²) in [6.07, 6.45) is 3.11. The Balaban J connectivity index is 1.68. The van der Waals surface area contributed by atoms with Gasteiger partial charge in [-0.15, -0.1) is 0 Å². The van der Waals surface area contributed by atoms with Crippen LogP contribution in [0.5, 0.6) is 0 Å². The number of aromatic nitrogens is 4. The molecule has 124 valence electrons. The molecule has 0 saturated heterocycles. The molecule has 3 aromatic rings. The zero-order valence-electron chi connectivity index (χ0n) is 13.7. The van der Waals surface area contributed by atoms with E-state index in [1.165, 1.54) is 6.07 Å². The summed E-state index contributed by atoms with van der Waals surface area (Å²) in [5.41, 5.74) is 3.37. The molecule has 0 atom stereocenters. The summed E-state index contributed by atoms with van der Waals surface area (Å²) in [6.45, 7) is 4.30. The van der Waals surface area contributed by atoms with Crippen molar-refractivity contribution in [3.05, 3.63) is 69.2 Å². The van der Waals surface area contributed by atoms with Crippen molar-refractivity contribution in [1.29, 1.82) is 0 Å². The zero-order valence-corrected chi connectivity index (χ0v) is 13.7. The van der Waals surface area contributed by atoms with Gasteiger partial charge in [0.05, 0.1) is 23.6 Å². The van der Waals surface area contributed by atoms with Crippen molar-refractivity contribution in [2.24, 2.45) is 0 Å². The van der Waals surface area contributed by atoms with Crippen molar-refractivity contribution >= 4 is 5.95 Å². The van der Waals surface area contributed by atoms with Gasteiger partial charge in [0.2, 0.25) is 5.95 Å². The van der Waals surface area contributed by atoms with Crippen LogP contribution in [0.3, 0.4) is 0 Å². The van der Waals surface area contributed by atoms with Gasteiger partial charge in [-0.05, 0) is 38.8 Å². The zero-order chi connectivity index (χ0) is 16.9. The molecule has 3 heterocycles. The number of nitrogens with zero attached hydrogens (tertiary/aromatic N) is 3. The first-order valence-corrected chi connectivity index (χ1v) is 7.77. The number of hydrogen-bond donors (Lipinski definition) is 2. The van der Waals surface area contributed by atoms with Crippen molar-refractivity contribution in [3.8, 4) is 0 Å². The van der Waals surface area contributed by atoms with Gasteiger partial charge >= 0.3 is 0 Å². The van der Waals surface area contributed by atoms with Crippen molar-refractivity contribution in [3.63, 3.8) is 0 Å². The molecule has 3 aromatic heterocycles. The second kappa shape index (κ2) is 7.08. The number of aromatic amines is 1. The first-order valence-electron chi connectivity index (χ1n) is 7.77. The number of H-pyrrole nitrogens is 1. The van der Waals surface area contributed by atoms with Gasteiger partial charge in [-0.3, -0.25) is 14.8 Å². The summed E-state index contributed by atoms with van der Waals surface area (Å²) < 4.78 is 5.16. The van der Waals surface area contributed by atoms with E-state index in [0.717, 1.165) is 34.8 Å². The molecule has 2 N–H and O–H groups in total. The Morgan fingerprint density at radius 3 is 2.79 bits per heavy atom. The molecular weight excluding hydrogens is 306 g/mol. The highest BCUT2D eigenvalue weighted by molar-refractivity contribution is 5.28. The van der Waals surface area contributed by atoms with Crippen LogP contribution in [0.25, 0.3) is 0 Å². The van der Waals surface area contributed by atoms with E-state index in [4.69, 9.17) is 4.52 Å². The van der Waals surface area contributed by atoms with E-state index < -0.39 is 0 Å². The minimum absolute atomic E-state index is 0.178. The van der Waals surface area contributed by atoms with Gasteiger partial charge < -0.3 is 9.84 Å². The average Bonchev–Trinajstić information content (AvgIpc) is 2.90. The van der Waals surface area contributed by atoms with Crippen LogP contribution in [0.1, 0.15) is 28.4 Å². The number of pyridine rings is 1. The molecule has 0 radical (unpaired) electrons. The van der Waals surface area contributed by atoms with Crippen LogP contribution in [-0.4, -0.2) is 20.1 Å². The van der Waals surface area contributed by atoms with E-state index in [1.54, 1.807) is 6.20 Å². The van der Waals surface area contributed by atoms with E-state index in [1.807, 2.05) is 32.0 Å². The largest absolute Gasteiger partial charge is 0.361 e. The third kappa shape index (κ3) is 3.87. The third-order valence-electron chi connectivity index (χ3n) is 3.77. The Hall–Kier alpha value is -2.96. The molecule has 0 aliphatic rings. The van der Waals surface area contributed by atoms with Crippen LogP contribution in [0.2, 0.25) is 0 Å². The van der Waals surface area contributed by atoms with Gasteiger partial charge in [-0.1, -0.05) is 11.2 Å². The van der Waals surface area contributed by atoms with E-state index in [2.05, 4.69) is 25.4 Å². The van der Waals surface area contributed by atoms with Crippen LogP contribution in [0.15, 0.2) is 39.8 Å². The molecule has 0 aliphatic heterocycles. The molecule has 0 unspecified atom stereocenters. The fraction of sp³-hybridized carbons (Fsp3) is 0.294. The fourth-order valence-electron chi connectivity index (χ4n) is 2.51. The lowest BCUT2D eigenvalue weighted by atomic mass is 10.1. The van der Waals surface area contributed by atoms with Crippen LogP contribution in [-0.2, 0) is 19.4 Å². The first kappa shape index (κ1) is 15.9. The predicted octanol–water partition coefficient (Wildman–Crippen LogP) is 2.17. The molecule has 3 rings (SSSR count). The Kier molecular flexibility index (Phi) is 4.69. The molecule has 0 aliphatic carbocycles. The minimum Gasteiger partial charge on any atom is -0.361 e. The summed E-state index contributed by atoms with van der Waals surface area (Å²) in [6, 6.07) is 7.20. The Morgan fingerprint density at radius 1 is 1.21 bits per heavy atom. The topological polar surface area (TPSA) is 96.7 Å². The maximum atomic E-state index is 11.8. The second-order valence-corrected chi connectivity index (χ2v) is 5.56. The van der Waals surface area contributed by atoms with Crippen LogP contribution in [0, 0.1) is 13.8 Å². The van der Waals surface area contributed by atoms with Gasteiger partial charge in [0.15, 0.2) is 0 Å². The second-order valence-electron chi connectivity index (χ2n) is 5.56. The molecule has 0 aromatic carbocycles. The maximum Gasteiger partial charge on any atom is 0.252 e. The lowest BCUT2D eigenvalue weighted by Crippen LogP contribution is -2.14. The lowest BCUT2D eigenvalue weighted by Gasteiger charge is -2.07. The highest BCUT2D eigenvalue weighted by Gasteiger charge is 2.10. The number of aryl methyl sites for hydroxylation is 3. The van der Waals surface area contributed by atoms with E-state index in [9.17, 15) is 4.79 Å². The van der Waals surface area contributed by atoms with E-state index in [-0.39, 0.29) is 5.56 Å². The SMILES string of the molecule is Cc1noc(C)c1CCc1cc(=O)[nH]c(NCc2ccccn2)n1. The monoisotopic (exact) mass is 325 g/mol. The molecule has 0 saturated carbocycles. The average molecular weight is 325 g/mol. The molecule has 0 fully saturated rings. The van der Waals surface area contributed by atoms with Crippen molar-refractivity contribution in [1.82, 2.24) is 20.1 Å². The molecule has 24 heavy (non-hydrogen) atoms. The van der Waals surface area contributed by atoms with Gasteiger partial charge in [-0.2, -0.15) is 0 Å². The molecule has 0 bridgehead atoms. The Bertz CT molecular complexity index is 851. The molecule has 0 amide bonds. The third-order valence-corrected chi connectivity index (χ3v) is 3.77. The molecule has 0 spiro atoms. The first-order chi connectivity index (χ1) is 11.6.